The van der Waals surface area contributed by atoms with Crippen molar-refractivity contribution in [3.05, 3.63) is 30.0 Å². The molecule has 0 fully saturated rings. The second kappa shape index (κ2) is 4.73. The largest absolute Gasteiger partial charge is 0.479 e. The van der Waals surface area contributed by atoms with Gasteiger partial charge in [0.2, 0.25) is 0 Å². The van der Waals surface area contributed by atoms with Crippen LogP contribution in [0.5, 0.6) is 5.75 Å². The number of likely N-dealkylation sites (N-methyl/N-ethyl adjacent to an activating group) is 1. The van der Waals surface area contributed by atoms with E-state index in [2.05, 4.69) is 5.10 Å². The number of ether oxygens (including phenoxy) is 1. The first kappa shape index (κ1) is 13.4. The van der Waals surface area contributed by atoms with Gasteiger partial charge >= 0.3 is 0 Å². The van der Waals surface area contributed by atoms with E-state index in [1.54, 1.807) is 32.0 Å². The van der Waals surface area contributed by atoms with Crippen LogP contribution in [0, 0.1) is 0 Å². The summed E-state index contributed by atoms with van der Waals surface area (Å²) in [6, 6.07) is 7.24. The van der Waals surface area contributed by atoms with Crippen LogP contribution in [-0.2, 0) is 11.8 Å². The number of benzene rings is 1. The van der Waals surface area contributed by atoms with Gasteiger partial charge in [0.1, 0.15) is 11.4 Å². The quantitative estimate of drug-likeness (QED) is 0.787. The molecule has 108 valence electrons. The second-order valence-corrected chi connectivity index (χ2v) is 5.04. The molecule has 1 atom stereocenters. The van der Waals surface area contributed by atoms with Crippen LogP contribution in [0.25, 0.3) is 11.3 Å². The highest BCUT2D eigenvalue weighted by Crippen LogP contribution is 2.36. The van der Waals surface area contributed by atoms with E-state index in [-0.39, 0.29) is 5.91 Å². The van der Waals surface area contributed by atoms with Gasteiger partial charge in [-0.25, -0.2) is 0 Å². The molecule has 6 heteroatoms. The van der Waals surface area contributed by atoms with E-state index in [1.165, 1.54) is 4.68 Å². The van der Waals surface area contributed by atoms with Crippen LogP contribution in [0.1, 0.15) is 17.4 Å². The Hall–Kier alpha value is -2.63. The Bertz CT molecular complexity index is 736. The molecule has 1 aromatic heterocycles. The number of aldehydes is 1. The summed E-state index contributed by atoms with van der Waals surface area (Å²) in [7, 11) is 3.44. The standard InChI is InChI=1S/C15H15N3O3/c1-9-15(20)17(2)13-6-10(4-5-14(13)21-9)12-7-11(8-19)18(3)16-12/h4-9H,1-3H3. The maximum absolute atomic E-state index is 12.0. The number of nitrogens with zero attached hydrogens (tertiary/aromatic N) is 3. The first-order valence-corrected chi connectivity index (χ1v) is 6.59. The van der Waals surface area contributed by atoms with Crippen LogP contribution >= 0.6 is 0 Å². The third kappa shape index (κ3) is 2.08. The van der Waals surface area contributed by atoms with Gasteiger partial charge in [-0.1, -0.05) is 0 Å². The molecule has 2 heterocycles. The molecule has 2 aromatic rings. The number of hydrogen-bond donors (Lipinski definition) is 0. The van der Waals surface area contributed by atoms with E-state index in [1.807, 2.05) is 18.2 Å². The number of carbonyl (C=O) groups is 2. The number of rotatable bonds is 2. The smallest absolute Gasteiger partial charge is 0.267 e. The summed E-state index contributed by atoms with van der Waals surface area (Å²) in [5.74, 6) is 0.578. The summed E-state index contributed by atoms with van der Waals surface area (Å²) < 4.78 is 7.11. The van der Waals surface area contributed by atoms with Gasteiger partial charge in [0.05, 0.1) is 11.4 Å². The van der Waals surface area contributed by atoms with Crippen LogP contribution < -0.4 is 9.64 Å². The summed E-state index contributed by atoms with van der Waals surface area (Å²) >= 11 is 0. The molecule has 1 unspecified atom stereocenters. The molecule has 6 nitrogen and oxygen atoms in total. The van der Waals surface area contributed by atoms with Crippen LogP contribution in [0.3, 0.4) is 0 Å². The topological polar surface area (TPSA) is 64.4 Å². The summed E-state index contributed by atoms with van der Waals surface area (Å²) in [6.45, 7) is 1.73. The van der Waals surface area contributed by atoms with Gasteiger partial charge < -0.3 is 9.64 Å². The van der Waals surface area contributed by atoms with Crippen molar-refractivity contribution in [2.75, 3.05) is 11.9 Å². The molecule has 0 saturated heterocycles. The van der Waals surface area contributed by atoms with E-state index in [4.69, 9.17) is 4.74 Å². The van der Waals surface area contributed by atoms with E-state index in [0.29, 0.717) is 22.8 Å². The Labute approximate surface area is 121 Å². The number of aromatic nitrogens is 2. The lowest BCUT2D eigenvalue weighted by atomic mass is 10.1. The van der Waals surface area contributed by atoms with Gasteiger partial charge in [0.15, 0.2) is 12.4 Å². The number of anilines is 1. The molecule has 0 N–H and O–H groups in total. The molecule has 21 heavy (non-hydrogen) atoms. The molecular weight excluding hydrogens is 270 g/mol. The highest BCUT2D eigenvalue weighted by atomic mass is 16.5. The van der Waals surface area contributed by atoms with Crippen LogP contribution in [-0.4, -0.2) is 35.1 Å². The highest BCUT2D eigenvalue weighted by Gasteiger charge is 2.29. The average Bonchev–Trinajstić information content (AvgIpc) is 2.86. The molecule has 1 aliphatic rings. The summed E-state index contributed by atoms with van der Waals surface area (Å²) in [5.41, 5.74) is 2.71. The van der Waals surface area contributed by atoms with Crippen molar-refractivity contribution in [1.82, 2.24) is 9.78 Å². The number of fused-ring (bicyclic) bond motifs is 1. The Balaban J connectivity index is 2.07. The fourth-order valence-corrected chi connectivity index (χ4v) is 2.40. The third-order valence-corrected chi connectivity index (χ3v) is 3.63. The Morgan fingerprint density at radius 1 is 1.29 bits per heavy atom. The molecule has 0 bridgehead atoms. The third-order valence-electron chi connectivity index (χ3n) is 3.63. The van der Waals surface area contributed by atoms with Crippen molar-refractivity contribution >= 4 is 17.9 Å². The van der Waals surface area contributed by atoms with E-state index >= 15 is 0 Å². The van der Waals surface area contributed by atoms with Gasteiger partial charge in [-0.3, -0.25) is 14.3 Å². The summed E-state index contributed by atoms with van der Waals surface area (Å²) in [6.07, 6.45) is 0.278. The van der Waals surface area contributed by atoms with E-state index in [0.717, 1.165) is 11.8 Å². The minimum atomic E-state index is -0.482. The molecule has 1 aliphatic heterocycles. The van der Waals surface area contributed by atoms with Crippen molar-refractivity contribution in [1.29, 1.82) is 0 Å². The van der Waals surface area contributed by atoms with Crippen molar-refractivity contribution in [3.63, 3.8) is 0 Å². The minimum Gasteiger partial charge on any atom is -0.479 e. The summed E-state index contributed by atoms with van der Waals surface area (Å²) in [4.78, 5) is 24.5. The Morgan fingerprint density at radius 2 is 2.05 bits per heavy atom. The lowest BCUT2D eigenvalue weighted by Gasteiger charge is -2.30. The zero-order valence-corrected chi connectivity index (χ0v) is 12.0. The van der Waals surface area contributed by atoms with E-state index in [9.17, 15) is 9.59 Å². The average molecular weight is 285 g/mol. The Morgan fingerprint density at radius 3 is 2.71 bits per heavy atom. The van der Waals surface area contributed by atoms with Gasteiger partial charge in [-0.2, -0.15) is 5.10 Å². The van der Waals surface area contributed by atoms with Crippen molar-refractivity contribution in [2.45, 2.75) is 13.0 Å². The maximum Gasteiger partial charge on any atom is 0.267 e. The van der Waals surface area contributed by atoms with Crippen molar-refractivity contribution < 1.29 is 14.3 Å². The zero-order valence-electron chi connectivity index (χ0n) is 12.0. The van der Waals surface area contributed by atoms with Gasteiger partial charge in [0, 0.05) is 19.7 Å². The number of aryl methyl sites for hydroxylation is 1. The highest BCUT2D eigenvalue weighted by molar-refractivity contribution is 6.00. The maximum atomic E-state index is 12.0. The van der Waals surface area contributed by atoms with Crippen LogP contribution in [0.2, 0.25) is 0 Å². The minimum absolute atomic E-state index is 0.0887. The number of amides is 1. The molecule has 0 spiro atoms. The first-order chi connectivity index (χ1) is 10.0. The van der Waals surface area contributed by atoms with Gasteiger partial charge in [-0.15, -0.1) is 0 Å². The molecule has 0 aliphatic carbocycles. The lowest BCUT2D eigenvalue weighted by molar-refractivity contribution is -0.125. The van der Waals surface area contributed by atoms with Gasteiger partial charge in [0.25, 0.3) is 5.91 Å². The van der Waals surface area contributed by atoms with Crippen LogP contribution in [0.15, 0.2) is 24.3 Å². The fraction of sp³-hybridized carbons (Fsp3) is 0.267. The lowest BCUT2D eigenvalue weighted by Crippen LogP contribution is -2.41. The predicted molar refractivity (Wildman–Crippen MR) is 77.5 cm³/mol. The van der Waals surface area contributed by atoms with Crippen LogP contribution in [0.4, 0.5) is 5.69 Å². The molecule has 0 saturated carbocycles. The van der Waals surface area contributed by atoms with Crippen molar-refractivity contribution in [2.24, 2.45) is 7.05 Å². The molecular formula is C15H15N3O3. The normalized spacial score (nSPS) is 17.4. The fourth-order valence-electron chi connectivity index (χ4n) is 2.40. The molecule has 0 radical (unpaired) electrons. The first-order valence-electron chi connectivity index (χ1n) is 6.59. The van der Waals surface area contributed by atoms with Crippen molar-refractivity contribution in [3.8, 4) is 17.0 Å². The number of hydrogen-bond acceptors (Lipinski definition) is 4. The second-order valence-electron chi connectivity index (χ2n) is 5.04. The Kier molecular flexibility index (Phi) is 3.01. The van der Waals surface area contributed by atoms with E-state index < -0.39 is 6.10 Å². The molecule has 3 rings (SSSR count). The zero-order chi connectivity index (χ0) is 15.1. The van der Waals surface area contributed by atoms with Gasteiger partial charge in [-0.05, 0) is 31.2 Å². The molecule has 1 aromatic carbocycles. The predicted octanol–water partition coefficient (Wildman–Crippen LogP) is 1.64. The molecule has 1 amide bonds. The summed E-state index contributed by atoms with van der Waals surface area (Å²) in [5, 5.41) is 4.30. The number of carbonyl (C=O) groups excluding carboxylic acids is 2. The monoisotopic (exact) mass is 285 g/mol. The SMILES string of the molecule is CC1Oc2ccc(-c3cc(C=O)n(C)n3)cc2N(C)C1=O.